The molecule has 0 spiro atoms. The summed E-state index contributed by atoms with van der Waals surface area (Å²) >= 11 is 7.45. The summed E-state index contributed by atoms with van der Waals surface area (Å²) in [5.74, 6) is 1.19. The minimum atomic E-state index is -0.131. The Kier molecular flexibility index (Phi) is 7.95. The fourth-order valence-corrected chi connectivity index (χ4v) is 5.30. The third-order valence-electron chi connectivity index (χ3n) is 6.33. The lowest BCUT2D eigenvalue weighted by Gasteiger charge is -2.23. The molecule has 9 heteroatoms. The van der Waals surface area contributed by atoms with Gasteiger partial charge < -0.3 is 14.4 Å². The van der Waals surface area contributed by atoms with Crippen LogP contribution in [0.15, 0.2) is 85.3 Å². The van der Waals surface area contributed by atoms with Crippen molar-refractivity contribution in [1.82, 2.24) is 19.7 Å². The van der Waals surface area contributed by atoms with Crippen LogP contribution < -0.4 is 9.47 Å². The number of thiophene rings is 1. The van der Waals surface area contributed by atoms with Gasteiger partial charge in [-0.2, -0.15) is 5.10 Å². The van der Waals surface area contributed by atoms with Gasteiger partial charge in [0, 0.05) is 41.3 Å². The molecule has 0 saturated carbocycles. The Morgan fingerprint density at radius 2 is 1.69 bits per heavy atom. The fourth-order valence-electron chi connectivity index (χ4n) is 4.29. The van der Waals surface area contributed by atoms with Gasteiger partial charge in [-0.15, -0.1) is 11.3 Å². The van der Waals surface area contributed by atoms with Gasteiger partial charge >= 0.3 is 0 Å². The van der Waals surface area contributed by atoms with Crippen LogP contribution in [-0.2, 0) is 13.1 Å². The Morgan fingerprint density at radius 3 is 2.36 bits per heavy atom. The largest absolute Gasteiger partial charge is 0.497 e. The molecule has 0 aliphatic carbocycles. The number of amides is 1. The molecule has 3 heterocycles. The first kappa shape index (κ1) is 26.5. The van der Waals surface area contributed by atoms with Crippen LogP contribution in [0.5, 0.6) is 11.5 Å². The lowest BCUT2D eigenvalue weighted by atomic mass is 10.1. The molecule has 0 radical (unpaired) electrons. The van der Waals surface area contributed by atoms with Crippen LogP contribution in [0.4, 0.5) is 0 Å². The SMILES string of the molecule is COc1ccc(CN(Cc2cn(-c3ccc(C)cc3)nc2-c2ccncc2)C(=O)c2ccc(Cl)s2)c(OC)c1. The van der Waals surface area contributed by atoms with Gasteiger partial charge in [0.05, 0.1) is 47.9 Å². The van der Waals surface area contributed by atoms with Crippen molar-refractivity contribution in [3.63, 3.8) is 0 Å². The normalized spacial score (nSPS) is 10.9. The summed E-state index contributed by atoms with van der Waals surface area (Å²) in [5, 5.41) is 4.92. The third kappa shape index (κ3) is 5.97. The van der Waals surface area contributed by atoms with Crippen LogP contribution in [0.2, 0.25) is 4.34 Å². The van der Waals surface area contributed by atoms with Crippen LogP contribution in [0.3, 0.4) is 0 Å². The average Bonchev–Trinajstić information content (AvgIpc) is 3.59. The number of nitrogens with zero attached hydrogens (tertiary/aromatic N) is 4. The summed E-state index contributed by atoms with van der Waals surface area (Å²) in [5.41, 5.74) is 5.54. The molecule has 7 nitrogen and oxygen atoms in total. The second-order valence-corrected chi connectivity index (χ2v) is 10.7. The van der Waals surface area contributed by atoms with Gasteiger partial charge in [-0.1, -0.05) is 29.3 Å². The minimum Gasteiger partial charge on any atom is -0.497 e. The highest BCUT2D eigenvalue weighted by Gasteiger charge is 2.23. The molecule has 0 fully saturated rings. The molecule has 5 rings (SSSR count). The maximum Gasteiger partial charge on any atom is 0.264 e. The zero-order chi connectivity index (χ0) is 27.4. The van der Waals surface area contributed by atoms with Crippen molar-refractivity contribution < 1.29 is 14.3 Å². The molecular weight excluding hydrogens is 532 g/mol. The molecule has 1 amide bonds. The van der Waals surface area contributed by atoms with Crippen LogP contribution in [0.1, 0.15) is 26.4 Å². The summed E-state index contributed by atoms with van der Waals surface area (Å²) in [4.78, 5) is 20.3. The quantitative estimate of drug-likeness (QED) is 0.199. The number of carbonyl (C=O) groups is 1. The molecule has 0 bridgehead atoms. The highest BCUT2D eigenvalue weighted by Crippen LogP contribution is 2.31. The smallest absolute Gasteiger partial charge is 0.264 e. The Hall–Kier alpha value is -4.14. The van der Waals surface area contributed by atoms with E-state index in [0.717, 1.165) is 28.1 Å². The number of rotatable bonds is 9. The average molecular weight is 559 g/mol. The first-order chi connectivity index (χ1) is 18.9. The summed E-state index contributed by atoms with van der Waals surface area (Å²) in [6.07, 6.45) is 5.46. The fraction of sp³-hybridized carbons (Fsp3) is 0.167. The van der Waals surface area contributed by atoms with E-state index in [2.05, 4.69) is 24.0 Å². The van der Waals surface area contributed by atoms with Crippen molar-refractivity contribution in [2.24, 2.45) is 0 Å². The maximum atomic E-state index is 13.8. The standard InChI is InChI=1S/C30H27ClN4O3S/c1-20-4-7-24(8-5-20)35-19-23(29(33-35)21-12-14-32-15-13-21)18-34(30(36)27-10-11-28(31)39-27)17-22-6-9-25(37-2)16-26(22)38-3/h4-16,19H,17-18H2,1-3H3. The number of pyridine rings is 1. The van der Waals surface area contributed by atoms with Gasteiger partial charge in [0.1, 0.15) is 11.5 Å². The molecule has 0 saturated heterocycles. The van der Waals surface area contributed by atoms with E-state index >= 15 is 0 Å². The number of aromatic nitrogens is 3. The molecule has 0 aliphatic heterocycles. The molecule has 0 atom stereocenters. The number of hydrogen-bond acceptors (Lipinski definition) is 6. The topological polar surface area (TPSA) is 69.5 Å². The number of hydrogen-bond donors (Lipinski definition) is 0. The summed E-state index contributed by atoms with van der Waals surface area (Å²) < 4.78 is 13.4. The number of benzene rings is 2. The van der Waals surface area contributed by atoms with Crippen molar-refractivity contribution in [1.29, 1.82) is 0 Å². The predicted octanol–water partition coefficient (Wildman–Crippen LogP) is 6.82. The van der Waals surface area contributed by atoms with E-state index in [-0.39, 0.29) is 5.91 Å². The van der Waals surface area contributed by atoms with Gasteiger partial charge in [0.2, 0.25) is 0 Å². The lowest BCUT2D eigenvalue weighted by molar-refractivity contribution is 0.0734. The number of carbonyl (C=O) groups excluding carboxylic acids is 1. The third-order valence-corrected chi connectivity index (χ3v) is 7.55. The first-order valence-electron chi connectivity index (χ1n) is 12.3. The van der Waals surface area contributed by atoms with Gasteiger partial charge in [-0.25, -0.2) is 4.68 Å². The highest BCUT2D eigenvalue weighted by molar-refractivity contribution is 7.17. The number of ether oxygens (including phenoxy) is 2. The first-order valence-corrected chi connectivity index (χ1v) is 13.5. The van der Waals surface area contributed by atoms with E-state index in [4.69, 9.17) is 26.2 Å². The van der Waals surface area contributed by atoms with Crippen molar-refractivity contribution in [2.75, 3.05) is 14.2 Å². The minimum absolute atomic E-state index is 0.131. The highest BCUT2D eigenvalue weighted by atomic mass is 35.5. The van der Waals surface area contributed by atoms with Crippen LogP contribution in [0, 0.1) is 6.92 Å². The van der Waals surface area contributed by atoms with Crippen LogP contribution in [-0.4, -0.2) is 39.8 Å². The van der Waals surface area contributed by atoms with Gasteiger partial charge in [-0.05, 0) is 55.5 Å². The van der Waals surface area contributed by atoms with Gasteiger partial charge in [0.15, 0.2) is 0 Å². The summed E-state index contributed by atoms with van der Waals surface area (Å²) in [7, 11) is 3.22. The number of aryl methyl sites for hydroxylation is 1. The molecule has 5 aromatic rings. The van der Waals surface area contributed by atoms with E-state index < -0.39 is 0 Å². The number of halogens is 1. The van der Waals surface area contributed by atoms with E-state index in [0.29, 0.717) is 33.8 Å². The van der Waals surface area contributed by atoms with E-state index in [9.17, 15) is 4.79 Å². The molecule has 39 heavy (non-hydrogen) atoms. The van der Waals surface area contributed by atoms with Crippen molar-refractivity contribution >= 4 is 28.8 Å². The summed E-state index contributed by atoms with van der Waals surface area (Å²) in [6, 6.07) is 21.1. The Morgan fingerprint density at radius 1 is 0.949 bits per heavy atom. The predicted molar refractivity (Wildman–Crippen MR) is 154 cm³/mol. The molecular formula is C30H27ClN4O3S. The Balaban J connectivity index is 1.57. The second-order valence-electron chi connectivity index (χ2n) is 8.96. The van der Waals surface area contributed by atoms with Crippen molar-refractivity contribution in [2.45, 2.75) is 20.0 Å². The van der Waals surface area contributed by atoms with Crippen molar-refractivity contribution in [3.8, 4) is 28.4 Å². The Labute approximate surface area is 236 Å². The summed E-state index contributed by atoms with van der Waals surface area (Å²) in [6.45, 7) is 2.68. The molecule has 0 N–H and O–H groups in total. The maximum absolute atomic E-state index is 13.8. The Bertz CT molecular complexity index is 1580. The van der Waals surface area contributed by atoms with Gasteiger partial charge in [0.25, 0.3) is 5.91 Å². The zero-order valence-corrected chi connectivity index (χ0v) is 23.4. The van der Waals surface area contributed by atoms with Crippen LogP contribution in [0.25, 0.3) is 16.9 Å². The zero-order valence-electron chi connectivity index (χ0n) is 21.8. The van der Waals surface area contributed by atoms with E-state index in [1.165, 1.54) is 16.9 Å². The monoisotopic (exact) mass is 558 g/mol. The molecule has 2 aromatic carbocycles. The molecule has 0 aliphatic rings. The second kappa shape index (κ2) is 11.7. The van der Waals surface area contributed by atoms with Crippen molar-refractivity contribution in [3.05, 3.63) is 111 Å². The van der Waals surface area contributed by atoms with E-state index in [1.807, 2.05) is 53.3 Å². The molecule has 198 valence electrons. The number of methoxy groups -OCH3 is 2. The molecule has 3 aromatic heterocycles. The van der Waals surface area contributed by atoms with E-state index in [1.54, 1.807) is 43.6 Å². The molecule has 0 unspecified atom stereocenters. The lowest BCUT2D eigenvalue weighted by Crippen LogP contribution is -2.29. The van der Waals surface area contributed by atoms with Gasteiger partial charge in [-0.3, -0.25) is 9.78 Å². The van der Waals surface area contributed by atoms with Crippen LogP contribution >= 0.6 is 22.9 Å².